The standard InChI is InChI=1S/C50H63N3O12.Co/c1-26(2)15-14-16-27(3)42(55)29(5)43(56)30(6)46(63-32(8)54)28(4)35(60-10)19-23-62-50(9)49(59)39-37-38(44(57)31(7)47(39)65-50)45(58)40(51)48-41(37)52-34-18-17-33(25-36(34)64-48)61-24-22-53-20-12-11-13-21-53;/h1,14-19,23,25,27-30,35,42-43,46,55-56,58H,11-13,20-22,24,51H2,2-10H3;/b16-14+,23-19+,26-15+;/t27-,28+,29+,30+,35-,42-,43+,46+,50-;/m0./s1. The first-order valence-electron chi connectivity index (χ1n) is 22.4. The molecule has 0 saturated carbocycles. The van der Waals surface area contributed by atoms with Gasteiger partial charge in [-0.05, 0) is 51.1 Å². The first kappa shape index (κ1) is 50.3. The number of fused-ring (bicyclic) bond motifs is 6. The van der Waals surface area contributed by atoms with Crippen molar-refractivity contribution >= 4 is 55.4 Å². The number of rotatable bonds is 19. The Kier molecular flexibility index (Phi) is 16.2. The fourth-order valence-electron chi connectivity index (χ4n) is 9.01. The summed E-state index contributed by atoms with van der Waals surface area (Å²) in [6, 6.07) is 5.16. The maximum absolute atomic E-state index is 14.6. The summed E-state index contributed by atoms with van der Waals surface area (Å²) in [5.41, 5.74) is 7.26. The molecule has 4 aromatic rings. The minimum absolute atomic E-state index is 0.0000470. The third kappa shape index (κ3) is 10.4. The van der Waals surface area contributed by atoms with Crippen LogP contribution in [0.1, 0.15) is 83.7 Å². The van der Waals surface area contributed by atoms with E-state index in [-0.39, 0.29) is 50.4 Å². The van der Waals surface area contributed by atoms with Crippen molar-refractivity contribution in [2.24, 2.45) is 23.7 Å². The minimum atomic E-state index is -2.00. The third-order valence-electron chi connectivity index (χ3n) is 13.0. The number of phenolic OH excluding ortho intramolecular Hbond substituents is 1. The average molecular weight is 957 g/mol. The van der Waals surface area contributed by atoms with Gasteiger partial charge in [0, 0.05) is 44.5 Å². The number of aromatic hydroxyl groups is 1. The Morgan fingerprint density at radius 3 is 2.41 bits per heavy atom. The molecule has 5 N–H and O–H groups in total. The number of aromatic nitrogens is 1. The van der Waals surface area contributed by atoms with Crippen LogP contribution in [0.25, 0.3) is 33.0 Å². The molecule has 1 saturated heterocycles. The van der Waals surface area contributed by atoms with Gasteiger partial charge in [-0.2, -0.15) is 0 Å². The van der Waals surface area contributed by atoms with Gasteiger partial charge in [0.05, 0.1) is 23.3 Å². The number of carbonyl (C=O) groups is 2. The molecule has 3 heterocycles. The van der Waals surface area contributed by atoms with Gasteiger partial charge in [0.1, 0.15) is 34.8 Å². The van der Waals surface area contributed by atoms with Gasteiger partial charge < -0.3 is 34.2 Å². The Bertz CT molecular complexity index is 2620. The molecule has 0 unspecified atom stereocenters. The Labute approximate surface area is 392 Å². The summed E-state index contributed by atoms with van der Waals surface area (Å²) in [5, 5.41) is 34.0. The van der Waals surface area contributed by atoms with Gasteiger partial charge in [0.15, 0.2) is 22.3 Å². The van der Waals surface area contributed by atoms with Crippen molar-refractivity contribution in [3.05, 3.63) is 75.7 Å². The molecule has 2 aliphatic heterocycles. The van der Waals surface area contributed by atoms with Crippen LogP contribution in [0.3, 0.4) is 0 Å². The van der Waals surface area contributed by atoms with Crippen LogP contribution in [0.15, 0.2) is 63.6 Å². The predicted molar refractivity (Wildman–Crippen MR) is 249 cm³/mol. The van der Waals surface area contributed by atoms with Gasteiger partial charge in [-0.3, -0.25) is 19.3 Å². The maximum atomic E-state index is 14.6. The molecule has 2 aliphatic rings. The second kappa shape index (κ2) is 21.2. The summed E-state index contributed by atoms with van der Waals surface area (Å²) in [6.45, 7) is 16.5. The average Bonchev–Trinajstić information content (AvgIpc) is 3.57. The number of methoxy groups -OCH3 is 1. The number of nitrogens with zero attached hydrogens (tertiary/aromatic N) is 2. The van der Waals surface area contributed by atoms with Crippen LogP contribution >= 0.6 is 0 Å². The number of Topliss-reactive ketones (excluding diaryl/α,β-unsaturated/α-hetero) is 1. The monoisotopic (exact) mass is 956 g/mol. The molecule has 3 aromatic carbocycles. The van der Waals surface area contributed by atoms with Gasteiger partial charge >= 0.3 is 140 Å². The van der Waals surface area contributed by atoms with Crippen molar-refractivity contribution in [1.29, 1.82) is 0 Å². The number of ether oxygens (including phenoxy) is 5. The Morgan fingerprint density at radius 2 is 1.74 bits per heavy atom. The zero-order valence-corrected chi connectivity index (χ0v) is 40.1. The molecule has 0 radical (unpaired) electrons. The van der Waals surface area contributed by atoms with E-state index in [1.807, 2.05) is 32.1 Å². The molecule has 359 valence electrons. The SMILES string of the molecule is CO[C@@H](/C=C/O[C@@]1(C)Oc2c(C)c(=O)c3c(O)c(N)c4oc5cc(OCCN6CCCCC6)ccc5nc4c3c2C1=O)[C@@H](C)[C@@H](OC(C)=O)[C@H](C)[C@H](O)[C@H](C)[C@@H](O)[C@@H](C)/C=C/C=C(/C)[CH]=[Co]. The number of anilines is 1. The van der Waals surface area contributed by atoms with Gasteiger partial charge in [-0.1, -0.05) is 13.3 Å². The van der Waals surface area contributed by atoms with Gasteiger partial charge in [0.25, 0.3) is 5.78 Å². The second-order valence-corrected chi connectivity index (χ2v) is 18.2. The molecule has 1 aromatic heterocycles. The number of likely N-dealkylation sites (tertiary alicyclic amines) is 1. The summed E-state index contributed by atoms with van der Waals surface area (Å²) in [4.78, 5) is 49.8. The number of nitrogen functional groups attached to an aromatic ring is 1. The fourth-order valence-corrected chi connectivity index (χ4v) is 9.11. The topological polar surface area (TPSA) is 213 Å². The Hall–Kier alpha value is -5.10. The summed E-state index contributed by atoms with van der Waals surface area (Å²) < 4.78 is 36.2. The number of aliphatic hydroxyl groups excluding tert-OH is 2. The van der Waals surface area contributed by atoms with Gasteiger partial charge in [-0.25, -0.2) is 4.98 Å². The first-order chi connectivity index (χ1) is 31.3. The predicted octanol–water partition coefficient (Wildman–Crippen LogP) is 6.84. The van der Waals surface area contributed by atoms with E-state index >= 15 is 0 Å². The molecule has 0 amide bonds. The van der Waals surface area contributed by atoms with Crippen LogP contribution in [0, 0.1) is 30.6 Å². The molecular formula is C50H63CoN3O12. The van der Waals surface area contributed by atoms with E-state index in [9.17, 15) is 29.7 Å². The molecule has 15 nitrogen and oxygen atoms in total. The molecule has 0 aliphatic carbocycles. The Morgan fingerprint density at radius 1 is 1.03 bits per heavy atom. The molecule has 1 fully saturated rings. The number of hydrogen-bond donors (Lipinski definition) is 4. The van der Waals surface area contributed by atoms with Crippen LogP contribution in [-0.4, -0.2) is 105 Å². The number of carbonyl (C=O) groups excluding carboxylic acids is 2. The van der Waals surface area contributed by atoms with Crippen molar-refractivity contribution in [1.82, 2.24) is 9.88 Å². The quantitative estimate of drug-likeness (QED) is 0.0144. The summed E-state index contributed by atoms with van der Waals surface area (Å²) in [7, 11) is 1.45. The van der Waals surface area contributed by atoms with Crippen molar-refractivity contribution in [2.45, 2.75) is 105 Å². The van der Waals surface area contributed by atoms with E-state index < -0.39 is 70.9 Å². The van der Waals surface area contributed by atoms with E-state index in [0.717, 1.165) is 25.2 Å². The van der Waals surface area contributed by atoms with E-state index in [4.69, 9.17) is 38.8 Å². The third-order valence-corrected chi connectivity index (χ3v) is 13.5. The normalized spacial score (nSPS) is 20.8. The number of phenols is 1. The molecule has 0 spiro atoms. The molecule has 6 rings (SSSR count). The van der Waals surface area contributed by atoms with Crippen LogP contribution in [-0.2, 0) is 34.3 Å². The van der Waals surface area contributed by atoms with Crippen LogP contribution in [0.4, 0.5) is 5.69 Å². The summed E-state index contributed by atoms with van der Waals surface area (Å²) in [6.07, 6.45) is 8.21. The summed E-state index contributed by atoms with van der Waals surface area (Å²) >= 11 is 4.19. The second-order valence-electron chi connectivity index (χ2n) is 17.8. The number of hydrogen-bond acceptors (Lipinski definition) is 15. The van der Waals surface area contributed by atoms with Crippen molar-refractivity contribution in [3.8, 4) is 17.2 Å². The van der Waals surface area contributed by atoms with Crippen LogP contribution < -0.4 is 20.6 Å². The zero-order chi connectivity index (χ0) is 48.2. The number of aliphatic hydroxyl groups is 2. The van der Waals surface area contributed by atoms with Gasteiger partial charge in [0.2, 0.25) is 0 Å². The van der Waals surface area contributed by atoms with E-state index in [2.05, 4.69) is 20.2 Å². The number of ketones is 1. The van der Waals surface area contributed by atoms with Crippen LogP contribution in [0.5, 0.6) is 17.2 Å². The first-order valence-corrected chi connectivity index (χ1v) is 23.0. The number of esters is 1. The van der Waals surface area contributed by atoms with Crippen molar-refractivity contribution in [3.63, 3.8) is 0 Å². The van der Waals surface area contributed by atoms with E-state index in [0.29, 0.717) is 23.5 Å². The number of benzene rings is 3. The Balaban J connectivity index is 1.25. The van der Waals surface area contributed by atoms with Crippen molar-refractivity contribution in [2.75, 3.05) is 39.1 Å². The van der Waals surface area contributed by atoms with E-state index in [1.165, 1.54) is 59.5 Å². The fraction of sp³-hybridized carbons (Fsp3) is 0.500. The molecule has 9 atom stereocenters. The summed E-state index contributed by atoms with van der Waals surface area (Å²) in [5.74, 6) is -5.46. The molecule has 0 bridgehead atoms. The van der Waals surface area contributed by atoms with E-state index in [1.54, 1.807) is 43.9 Å². The van der Waals surface area contributed by atoms with Crippen molar-refractivity contribution < 1.29 is 68.3 Å². The number of nitrogens with two attached hydrogens (primary N) is 1. The molecule has 66 heavy (non-hydrogen) atoms. The zero-order valence-electron chi connectivity index (χ0n) is 39.1. The number of piperidine rings is 1. The number of allylic oxidation sites excluding steroid dienone is 3. The molecular weight excluding hydrogens is 893 g/mol. The van der Waals surface area contributed by atoms with Crippen LogP contribution in [0.2, 0.25) is 0 Å². The molecule has 16 heteroatoms. The van der Waals surface area contributed by atoms with Gasteiger partial charge in [-0.15, -0.1) is 0 Å².